The quantitative estimate of drug-likeness (QED) is 0.710. The molecule has 0 saturated heterocycles. The van der Waals surface area contributed by atoms with Crippen LogP contribution in [0, 0.1) is 0 Å². The van der Waals surface area contributed by atoms with E-state index in [2.05, 4.69) is 22.9 Å². The van der Waals surface area contributed by atoms with Crippen LogP contribution in [0.5, 0.6) is 0 Å². The van der Waals surface area contributed by atoms with Gasteiger partial charge < -0.3 is 0 Å². The number of rotatable bonds is 1. The zero-order valence-electron chi connectivity index (χ0n) is 8.14. The number of hydrogen-bond acceptors (Lipinski definition) is 2. The fraction of sp³-hybridized carbons (Fsp3) is 0.154. The fourth-order valence-electron chi connectivity index (χ4n) is 2.23. The van der Waals surface area contributed by atoms with Crippen molar-refractivity contribution in [1.82, 2.24) is 0 Å². The minimum Gasteiger partial charge on any atom is -0.294 e. The molecule has 0 spiro atoms. The highest BCUT2D eigenvalue weighted by Crippen LogP contribution is 2.38. The zero-order chi connectivity index (χ0) is 10.3. The summed E-state index contributed by atoms with van der Waals surface area (Å²) in [6.45, 7) is 0. The highest BCUT2D eigenvalue weighted by Gasteiger charge is 2.29. The normalized spacial score (nSPS) is 19.2. The molecule has 0 unspecified atom stereocenters. The number of benzene rings is 1. The average molecular weight is 214 g/mol. The average Bonchev–Trinajstić information content (AvgIpc) is 2.87. The fourth-order valence-corrected chi connectivity index (χ4v) is 2.95. The molecule has 1 heterocycles. The number of carbonyl (C=O) groups is 1. The van der Waals surface area contributed by atoms with E-state index in [9.17, 15) is 4.79 Å². The van der Waals surface area contributed by atoms with Crippen LogP contribution in [0.3, 0.4) is 0 Å². The van der Waals surface area contributed by atoms with Crippen molar-refractivity contribution in [3.8, 4) is 0 Å². The maximum atomic E-state index is 11.8. The summed E-state index contributed by atoms with van der Waals surface area (Å²) in [7, 11) is 0. The number of thiophene rings is 1. The van der Waals surface area contributed by atoms with Crippen molar-refractivity contribution in [2.24, 2.45) is 0 Å². The van der Waals surface area contributed by atoms with Gasteiger partial charge in [-0.2, -0.15) is 11.3 Å². The van der Waals surface area contributed by atoms with Crippen molar-refractivity contribution in [3.63, 3.8) is 0 Å². The molecule has 0 saturated carbocycles. The molecule has 2 aromatic rings. The molecule has 74 valence electrons. The van der Waals surface area contributed by atoms with Crippen LogP contribution in [0.4, 0.5) is 0 Å². The van der Waals surface area contributed by atoms with Crippen molar-refractivity contribution < 1.29 is 4.79 Å². The first kappa shape index (κ1) is 8.86. The smallest absolute Gasteiger partial charge is 0.164 e. The van der Waals surface area contributed by atoms with Crippen molar-refractivity contribution >= 4 is 17.1 Å². The molecule has 0 N–H and O–H groups in total. The van der Waals surface area contributed by atoms with E-state index < -0.39 is 0 Å². The van der Waals surface area contributed by atoms with Gasteiger partial charge in [0.15, 0.2) is 5.78 Å². The topological polar surface area (TPSA) is 17.1 Å². The zero-order valence-corrected chi connectivity index (χ0v) is 8.96. The van der Waals surface area contributed by atoms with Gasteiger partial charge in [-0.05, 0) is 28.0 Å². The number of hydrogen-bond donors (Lipinski definition) is 0. The summed E-state index contributed by atoms with van der Waals surface area (Å²) in [4.78, 5) is 11.8. The number of ketones is 1. The van der Waals surface area contributed by atoms with Gasteiger partial charge in [0.05, 0.1) is 0 Å². The first-order valence-corrected chi connectivity index (χ1v) is 5.95. The Labute approximate surface area is 92.4 Å². The van der Waals surface area contributed by atoms with Crippen molar-refractivity contribution in [3.05, 3.63) is 57.8 Å². The maximum Gasteiger partial charge on any atom is 0.164 e. The van der Waals surface area contributed by atoms with E-state index in [0.29, 0.717) is 12.3 Å². The van der Waals surface area contributed by atoms with Gasteiger partial charge in [-0.3, -0.25) is 4.79 Å². The summed E-state index contributed by atoms with van der Waals surface area (Å²) >= 11 is 1.69. The minimum absolute atomic E-state index is 0.279. The van der Waals surface area contributed by atoms with E-state index >= 15 is 0 Å². The highest BCUT2D eigenvalue weighted by atomic mass is 32.1. The summed E-state index contributed by atoms with van der Waals surface area (Å²) in [6, 6.07) is 10.1. The SMILES string of the molecule is O=C1C[C@H](c2ccsc2)c2ccccc21. The van der Waals surface area contributed by atoms with Gasteiger partial charge in [0, 0.05) is 17.9 Å². The van der Waals surface area contributed by atoms with Gasteiger partial charge in [-0.25, -0.2) is 0 Å². The monoisotopic (exact) mass is 214 g/mol. The maximum absolute atomic E-state index is 11.8. The Bertz CT molecular complexity index is 499. The Hall–Kier alpha value is -1.41. The van der Waals surface area contributed by atoms with Crippen LogP contribution in [-0.2, 0) is 0 Å². The molecule has 1 aliphatic carbocycles. The first-order chi connectivity index (χ1) is 7.36. The number of fused-ring (bicyclic) bond motifs is 1. The molecule has 1 aromatic heterocycles. The van der Waals surface area contributed by atoms with Gasteiger partial charge in [0.2, 0.25) is 0 Å². The molecule has 0 fully saturated rings. The lowest BCUT2D eigenvalue weighted by atomic mass is 9.96. The Morgan fingerprint density at radius 1 is 1.20 bits per heavy atom. The Morgan fingerprint density at radius 2 is 2.07 bits per heavy atom. The summed E-state index contributed by atoms with van der Waals surface area (Å²) < 4.78 is 0. The van der Waals surface area contributed by atoms with Crippen molar-refractivity contribution in [2.45, 2.75) is 12.3 Å². The highest BCUT2D eigenvalue weighted by molar-refractivity contribution is 7.08. The molecule has 0 radical (unpaired) electrons. The molecule has 0 amide bonds. The summed E-state index contributed by atoms with van der Waals surface area (Å²) in [6.07, 6.45) is 0.635. The van der Waals surface area contributed by atoms with Crippen LogP contribution in [0.1, 0.15) is 33.8 Å². The Morgan fingerprint density at radius 3 is 2.87 bits per heavy atom. The minimum atomic E-state index is 0.279. The third-order valence-corrected chi connectivity index (χ3v) is 3.67. The van der Waals surface area contributed by atoms with Gasteiger partial charge in [-0.1, -0.05) is 24.3 Å². The molecule has 1 nitrogen and oxygen atoms in total. The van der Waals surface area contributed by atoms with E-state index in [1.165, 1.54) is 11.1 Å². The third-order valence-electron chi connectivity index (χ3n) is 2.97. The molecule has 1 aliphatic rings. The lowest BCUT2D eigenvalue weighted by Crippen LogP contribution is -1.94. The molecule has 1 aromatic carbocycles. The lowest BCUT2D eigenvalue weighted by molar-refractivity contribution is 0.0991. The standard InChI is InChI=1S/C13H10OS/c14-13-7-12(9-5-6-15-8-9)10-3-1-2-4-11(10)13/h1-6,8,12H,7H2/t12-/m1/s1. The summed E-state index contributed by atoms with van der Waals surface area (Å²) in [5.74, 6) is 0.571. The second-order valence-electron chi connectivity index (χ2n) is 3.82. The van der Waals surface area contributed by atoms with E-state index in [1.54, 1.807) is 11.3 Å². The lowest BCUT2D eigenvalue weighted by Gasteiger charge is -2.07. The molecule has 1 atom stereocenters. The van der Waals surface area contributed by atoms with Gasteiger partial charge in [0.25, 0.3) is 0 Å². The van der Waals surface area contributed by atoms with E-state index in [0.717, 1.165) is 5.56 Å². The van der Waals surface area contributed by atoms with Crippen LogP contribution in [-0.4, -0.2) is 5.78 Å². The van der Waals surface area contributed by atoms with Gasteiger partial charge in [-0.15, -0.1) is 0 Å². The largest absolute Gasteiger partial charge is 0.294 e. The second-order valence-corrected chi connectivity index (χ2v) is 4.60. The van der Waals surface area contributed by atoms with Crippen LogP contribution in [0.15, 0.2) is 41.1 Å². The molecule has 2 heteroatoms. The van der Waals surface area contributed by atoms with Crippen LogP contribution in [0.2, 0.25) is 0 Å². The van der Waals surface area contributed by atoms with Gasteiger partial charge >= 0.3 is 0 Å². The first-order valence-electron chi connectivity index (χ1n) is 5.00. The number of Topliss-reactive ketones (excluding diaryl/α,β-unsaturated/α-hetero) is 1. The number of carbonyl (C=O) groups excluding carboxylic acids is 1. The molecule has 15 heavy (non-hydrogen) atoms. The third kappa shape index (κ3) is 1.33. The van der Waals surface area contributed by atoms with Crippen molar-refractivity contribution in [1.29, 1.82) is 0 Å². The molecule has 0 bridgehead atoms. The predicted octanol–water partition coefficient (Wildman–Crippen LogP) is 3.47. The Balaban J connectivity index is 2.13. The summed E-state index contributed by atoms with van der Waals surface area (Å²) in [5.41, 5.74) is 3.38. The van der Waals surface area contributed by atoms with Crippen LogP contribution >= 0.6 is 11.3 Å². The summed E-state index contributed by atoms with van der Waals surface area (Å²) in [5, 5.41) is 4.21. The molecular formula is C13H10OS. The van der Waals surface area contributed by atoms with Gasteiger partial charge in [0.1, 0.15) is 0 Å². The van der Waals surface area contributed by atoms with E-state index in [4.69, 9.17) is 0 Å². The van der Waals surface area contributed by atoms with Crippen LogP contribution in [0.25, 0.3) is 0 Å². The van der Waals surface area contributed by atoms with E-state index in [1.807, 2.05) is 18.2 Å². The molecular weight excluding hydrogens is 204 g/mol. The predicted molar refractivity (Wildman–Crippen MR) is 61.6 cm³/mol. The molecule has 0 aliphatic heterocycles. The van der Waals surface area contributed by atoms with Crippen molar-refractivity contribution in [2.75, 3.05) is 0 Å². The second kappa shape index (κ2) is 3.31. The molecule has 3 rings (SSSR count). The van der Waals surface area contributed by atoms with Crippen LogP contribution < -0.4 is 0 Å². The van der Waals surface area contributed by atoms with E-state index in [-0.39, 0.29) is 5.78 Å². The Kier molecular flexibility index (Phi) is 1.96.